The van der Waals surface area contributed by atoms with Crippen molar-refractivity contribution in [3.8, 4) is 0 Å². The van der Waals surface area contributed by atoms with Crippen LogP contribution < -0.4 is 5.32 Å². The Morgan fingerprint density at radius 1 is 1.29 bits per heavy atom. The van der Waals surface area contributed by atoms with Gasteiger partial charge in [0.2, 0.25) is 0 Å². The van der Waals surface area contributed by atoms with Gasteiger partial charge in [0, 0.05) is 18.9 Å². The number of anilines is 1. The SMILES string of the molecule is C=Cc1cc(C)c(C(=O)Nc2cn(Cc3cccc(C(F)(F)F)c3)cn2)cn1. The Morgan fingerprint density at radius 3 is 2.75 bits per heavy atom. The number of halogens is 3. The number of pyridine rings is 1. The smallest absolute Gasteiger partial charge is 0.331 e. The summed E-state index contributed by atoms with van der Waals surface area (Å²) in [5, 5.41) is 2.66. The normalized spacial score (nSPS) is 11.3. The number of nitrogens with one attached hydrogen (secondary N) is 1. The van der Waals surface area contributed by atoms with Crippen LogP contribution in [0.25, 0.3) is 6.08 Å². The van der Waals surface area contributed by atoms with Crippen molar-refractivity contribution in [2.45, 2.75) is 19.6 Å². The lowest BCUT2D eigenvalue weighted by Crippen LogP contribution is -2.14. The van der Waals surface area contributed by atoms with Crippen LogP contribution in [0.1, 0.15) is 32.7 Å². The molecule has 8 heteroatoms. The molecule has 1 N–H and O–H groups in total. The van der Waals surface area contributed by atoms with Crippen molar-refractivity contribution in [2.75, 3.05) is 5.32 Å². The lowest BCUT2D eigenvalue weighted by atomic mass is 10.1. The zero-order valence-corrected chi connectivity index (χ0v) is 15.0. The maximum atomic E-state index is 12.8. The van der Waals surface area contributed by atoms with Crippen LogP contribution in [0.3, 0.4) is 0 Å². The highest BCUT2D eigenvalue weighted by Crippen LogP contribution is 2.29. The molecule has 1 amide bonds. The highest BCUT2D eigenvalue weighted by atomic mass is 19.4. The lowest BCUT2D eigenvalue weighted by Gasteiger charge is -2.09. The largest absolute Gasteiger partial charge is 0.416 e. The molecule has 5 nitrogen and oxygen atoms in total. The molecule has 0 aliphatic carbocycles. The average molecular weight is 386 g/mol. The van der Waals surface area contributed by atoms with Crippen molar-refractivity contribution in [1.29, 1.82) is 0 Å². The highest BCUT2D eigenvalue weighted by molar-refractivity contribution is 6.04. The molecule has 3 aromatic rings. The molecule has 2 aromatic heterocycles. The van der Waals surface area contributed by atoms with E-state index in [9.17, 15) is 18.0 Å². The fraction of sp³-hybridized carbons (Fsp3) is 0.150. The number of amides is 1. The summed E-state index contributed by atoms with van der Waals surface area (Å²) in [7, 11) is 0. The van der Waals surface area contributed by atoms with Crippen LogP contribution in [0, 0.1) is 6.92 Å². The number of rotatable bonds is 5. The summed E-state index contributed by atoms with van der Waals surface area (Å²) in [6.07, 6.45) is 1.66. The van der Waals surface area contributed by atoms with E-state index < -0.39 is 11.7 Å². The minimum Gasteiger partial charge on any atom is -0.331 e. The minimum atomic E-state index is -4.39. The minimum absolute atomic E-state index is 0.196. The van der Waals surface area contributed by atoms with Gasteiger partial charge in [0.1, 0.15) is 0 Å². The molecule has 28 heavy (non-hydrogen) atoms. The summed E-state index contributed by atoms with van der Waals surface area (Å²) in [5.41, 5.74) is 1.58. The van der Waals surface area contributed by atoms with Crippen molar-refractivity contribution in [3.63, 3.8) is 0 Å². The van der Waals surface area contributed by atoms with E-state index in [1.54, 1.807) is 35.9 Å². The summed E-state index contributed by atoms with van der Waals surface area (Å²) in [4.78, 5) is 20.6. The van der Waals surface area contributed by atoms with Gasteiger partial charge in [-0.25, -0.2) is 4.98 Å². The van der Waals surface area contributed by atoms with Crippen molar-refractivity contribution in [2.24, 2.45) is 0 Å². The molecule has 1 aromatic carbocycles. The summed E-state index contributed by atoms with van der Waals surface area (Å²) in [5.74, 6) is -0.0749. The number of carbonyl (C=O) groups excluding carboxylic acids is 1. The monoisotopic (exact) mass is 386 g/mol. The number of hydrogen-bond acceptors (Lipinski definition) is 3. The molecule has 3 rings (SSSR count). The molecular weight excluding hydrogens is 369 g/mol. The molecule has 0 saturated carbocycles. The Kier molecular flexibility index (Phi) is 5.30. The van der Waals surface area contributed by atoms with Gasteiger partial charge in [0.05, 0.1) is 23.1 Å². The topological polar surface area (TPSA) is 59.8 Å². The quantitative estimate of drug-likeness (QED) is 0.700. The summed E-state index contributed by atoms with van der Waals surface area (Å²) >= 11 is 0. The number of carbonyl (C=O) groups is 1. The van der Waals surface area contributed by atoms with E-state index in [0.29, 0.717) is 22.6 Å². The third kappa shape index (κ3) is 4.46. The second kappa shape index (κ2) is 7.67. The van der Waals surface area contributed by atoms with Gasteiger partial charge in [-0.1, -0.05) is 18.7 Å². The second-order valence-electron chi connectivity index (χ2n) is 6.21. The van der Waals surface area contributed by atoms with Crippen LogP contribution in [0.5, 0.6) is 0 Å². The van der Waals surface area contributed by atoms with Gasteiger partial charge in [-0.15, -0.1) is 0 Å². The van der Waals surface area contributed by atoms with Gasteiger partial charge < -0.3 is 9.88 Å². The van der Waals surface area contributed by atoms with Gasteiger partial charge in [-0.3, -0.25) is 9.78 Å². The van der Waals surface area contributed by atoms with Crippen molar-refractivity contribution in [3.05, 3.63) is 83.6 Å². The summed E-state index contributed by atoms with van der Waals surface area (Å²) in [6, 6.07) is 6.82. The van der Waals surface area contributed by atoms with Crippen LogP contribution in [0.4, 0.5) is 19.0 Å². The molecule has 0 aliphatic heterocycles. The van der Waals surface area contributed by atoms with E-state index in [1.165, 1.54) is 18.6 Å². The standard InChI is InChI=1S/C20H17F3N4O/c1-3-16-7-13(2)17(9-24-16)19(28)26-18-11-27(12-25-18)10-14-5-4-6-15(8-14)20(21,22)23/h3-9,11-12H,1,10H2,2H3,(H,26,28). The van der Waals surface area contributed by atoms with Gasteiger partial charge in [0.15, 0.2) is 5.82 Å². The van der Waals surface area contributed by atoms with Crippen molar-refractivity contribution in [1.82, 2.24) is 14.5 Å². The molecule has 0 radical (unpaired) electrons. The van der Waals surface area contributed by atoms with E-state index in [-0.39, 0.29) is 12.5 Å². The van der Waals surface area contributed by atoms with E-state index in [4.69, 9.17) is 0 Å². The number of benzene rings is 1. The van der Waals surface area contributed by atoms with Gasteiger partial charge in [-0.05, 0) is 42.3 Å². The average Bonchev–Trinajstić information content (AvgIpc) is 3.07. The van der Waals surface area contributed by atoms with Gasteiger partial charge in [0.25, 0.3) is 5.91 Å². The number of hydrogen-bond donors (Lipinski definition) is 1. The highest BCUT2D eigenvalue weighted by Gasteiger charge is 2.30. The molecular formula is C20H17F3N4O. The van der Waals surface area contributed by atoms with Crippen LogP contribution in [0.2, 0.25) is 0 Å². The Morgan fingerprint density at radius 2 is 2.07 bits per heavy atom. The zero-order chi connectivity index (χ0) is 20.3. The second-order valence-corrected chi connectivity index (χ2v) is 6.21. The third-order valence-corrected chi connectivity index (χ3v) is 4.08. The van der Waals surface area contributed by atoms with Crippen LogP contribution >= 0.6 is 0 Å². The molecule has 0 aliphatic rings. The summed E-state index contributed by atoms with van der Waals surface area (Å²) < 4.78 is 40.0. The first kappa shape index (κ1) is 19.3. The maximum Gasteiger partial charge on any atom is 0.416 e. The molecule has 144 valence electrons. The predicted molar refractivity (Wildman–Crippen MR) is 99.8 cm³/mol. The first-order chi connectivity index (χ1) is 13.3. The first-order valence-corrected chi connectivity index (χ1v) is 8.34. The fourth-order valence-corrected chi connectivity index (χ4v) is 2.68. The Labute approximate surface area is 159 Å². The molecule has 2 heterocycles. The Balaban J connectivity index is 1.71. The predicted octanol–water partition coefficient (Wildman–Crippen LogP) is 4.55. The Hall–Kier alpha value is -3.42. The summed E-state index contributed by atoms with van der Waals surface area (Å²) in [6.45, 7) is 5.62. The fourth-order valence-electron chi connectivity index (χ4n) is 2.68. The number of aryl methyl sites for hydroxylation is 1. The van der Waals surface area contributed by atoms with Crippen LogP contribution in [0.15, 0.2) is 55.6 Å². The lowest BCUT2D eigenvalue weighted by molar-refractivity contribution is -0.137. The van der Waals surface area contributed by atoms with Crippen molar-refractivity contribution < 1.29 is 18.0 Å². The molecule has 0 unspecified atom stereocenters. The first-order valence-electron chi connectivity index (χ1n) is 8.34. The number of nitrogens with zero attached hydrogens (tertiary/aromatic N) is 3. The zero-order valence-electron chi connectivity index (χ0n) is 15.0. The molecule has 0 fully saturated rings. The van der Waals surface area contributed by atoms with E-state index in [1.807, 2.05) is 0 Å². The maximum absolute atomic E-state index is 12.8. The molecule has 0 bridgehead atoms. The number of aromatic nitrogens is 3. The van der Waals surface area contributed by atoms with Gasteiger partial charge >= 0.3 is 6.18 Å². The van der Waals surface area contributed by atoms with E-state index in [0.717, 1.165) is 17.7 Å². The number of alkyl halides is 3. The van der Waals surface area contributed by atoms with Gasteiger partial charge in [-0.2, -0.15) is 13.2 Å². The molecule has 0 saturated heterocycles. The molecule has 0 spiro atoms. The number of imidazole rings is 1. The van der Waals surface area contributed by atoms with Crippen LogP contribution in [-0.2, 0) is 12.7 Å². The van der Waals surface area contributed by atoms with E-state index >= 15 is 0 Å². The third-order valence-electron chi connectivity index (χ3n) is 4.08. The Bertz CT molecular complexity index is 1020. The van der Waals surface area contributed by atoms with E-state index in [2.05, 4.69) is 21.9 Å². The van der Waals surface area contributed by atoms with Crippen molar-refractivity contribution >= 4 is 17.8 Å². The van der Waals surface area contributed by atoms with Crippen LogP contribution in [-0.4, -0.2) is 20.4 Å². The molecule has 0 atom stereocenters.